The van der Waals surface area contributed by atoms with Crippen LogP contribution in [0.25, 0.3) is 0 Å². The zero-order valence-electron chi connectivity index (χ0n) is 9.89. The Kier molecular flexibility index (Phi) is 3.42. The molecule has 0 radical (unpaired) electrons. The lowest BCUT2D eigenvalue weighted by molar-refractivity contribution is -0.136. The third-order valence-electron chi connectivity index (χ3n) is 2.90. The summed E-state index contributed by atoms with van der Waals surface area (Å²) in [7, 11) is 2.03. The third-order valence-corrected chi connectivity index (χ3v) is 2.90. The number of amidine groups is 1. The number of carbonyl (C=O) groups is 1. The van der Waals surface area contributed by atoms with Crippen LogP contribution in [-0.2, 0) is 11.2 Å². The lowest BCUT2D eigenvalue weighted by Gasteiger charge is -2.13. The van der Waals surface area contributed by atoms with Gasteiger partial charge in [-0.1, -0.05) is 24.3 Å². The molecule has 1 aliphatic rings. The molecule has 1 aromatic rings. The van der Waals surface area contributed by atoms with E-state index in [0.29, 0.717) is 6.42 Å². The fraction of sp³-hybridized carbons (Fsp3) is 0.385. The van der Waals surface area contributed by atoms with Crippen molar-refractivity contribution in [3.8, 4) is 0 Å². The highest BCUT2D eigenvalue weighted by molar-refractivity contribution is 5.99. The van der Waals surface area contributed by atoms with Crippen molar-refractivity contribution >= 4 is 11.8 Å². The summed E-state index contributed by atoms with van der Waals surface area (Å²) in [6.45, 7) is 1.82. The number of nitrogens with zero attached hydrogens (tertiary/aromatic N) is 2. The molecular weight excluding hydrogens is 216 g/mol. The van der Waals surface area contributed by atoms with Gasteiger partial charge < -0.3 is 10.0 Å². The first-order valence-electron chi connectivity index (χ1n) is 5.73. The van der Waals surface area contributed by atoms with Crippen molar-refractivity contribution in [3.05, 3.63) is 35.4 Å². The first kappa shape index (κ1) is 11.6. The number of aryl methyl sites for hydroxylation is 1. The SMILES string of the molecule is CN1CCN=C1c1ccc(CCC(=O)O)cc1. The second-order valence-electron chi connectivity index (χ2n) is 4.22. The van der Waals surface area contributed by atoms with Gasteiger partial charge in [-0.05, 0) is 12.0 Å². The average Bonchev–Trinajstić information content (AvgIpc) is 2.73. The standard InChI is InChI=1S/C13H16N2O2/c1-15-9-8-14-13(15)11-5-2-10(3-6-11)4-7-12(16)17/h2-3,5-6H,4,7-9H2,1H3,(H,16,17). The zero-order valence-corrected chi connectivity index (χ0v) is 9.89. The molecular formula is C13H16N2O2. The maximum Gasteiger partial charge on any atom is 0.303 e. The molecule has 17 heavy (non-hydrogen) atoms. The lowest BCUT2D eigenvalue weighted by Crippen LogP contribution is -2.23. The van der Waals surface area contributed by atoms with Gasteiger partial charge in [0.15, 0.2) is 0 Å². The summed E-state index contributed by atoms with van der Waals surface area (Å²) < 4.78 is 0. The average molecular weight is 232 g/mol. The Hall–Kier alpha value is -1.84. The van der Waals surface area contributed by atoms with Gasteiger partial charge >= 0.3 is 5.97 Å². The maximum absolute atomic E-state index is 10.5. The van der Waals surface area contributed by atoms with Crippen LogP contribution >= 0.6 is 0 Å². The zero-order chi connectivity index (χ0) is 12.3. The van der Waals surface area contributed by atoms with Gasteiger partial charge in [0.2, 0.25) is 0 Å². The number of hydrogen-bond donors (Lipinski definition) is 1. The topological polar surface area (TPSA) is 52.9 Å². The third kappa shape index (κ3) is 2.84. The molecule has 0 aliphatic carbocycles. The van der Waals surface area contributed by atoms with E-state index in [1.54, 1.807) is 0 Å². The second-order valence-corrected chi connectivity index (χ2v) is 4.22. The number of likely N-dealkylation sites (N-methyl/N-ethyl adjacent to an activating group) is 1. The Morgan fingerprint density at radius 1 is 1.41 bits per heavy atom. The van der Waals surface area contributed by atoms with E-state index in [1.807, 2.05) is 31.3 Å². The molecule has 0 saturated carbocycles. The molecule has 4 heteroatoms. The van der Waals surface area contributed by atoms with Crippen molar-refractivity contribution in [2.24, 2.45) is 4.99 Å². The van der Waals surface area contributed by atoms with E-state index in [-0.39, 0.29) is 6.42 Å². The Bertz CT molecular complexity index is 437. The van der Waals surface area contributed by atoms with Crippen molar-refractivity contribution in [1.82, 2.24) is 4.90 Å². The van der Waals surface area contributed by atoms with Gasteiger partial charge in [-0.25, -0.2) is 0 Å². The van der Waals surface area contributed by atoms with Gasteiger partial charge in [-0.3, -0.25) is 9.79 Å². The predicted molar refractivity (Wildman–Crippen MR) is 66.4 cm³/mol. The van der Waals surface area contributed by atoms with Crippen molar-refractivity contribution < 1.29 is 9.90 Å². The highest BCUT2D eigenvalue weighted by Gasteiger charge is 2.13. The molecule has 1 heterocycles. The minimum atomic E-state index is -0.756. The Morgan fingerprint density at radius 2 is 2.12 bits per heavy atom. The lowest BCUT2D eigenvalue weighted by atomic mass is 10.1. The molecule has 1 aliphatic heterocycles. The Balaban J connectivity index is 2.05. The molecule has 0 unspecified atom stereocenters. The highest BCUT2D eigenvalue weighted by atomic mass is 16.4. The molecule has 4 nitrogen and oxygen atoms in total. The number of aliphatic carboxylic acids is 1. The van der Waals surface area contributed by atoms with Gasteiger partial charge in [-0.15, -0.1) is 0 Å². The maximum atomic E-state index is 10.5. The molecule has 0 amide bonds. The summed E-state index contributed by atoms with van der Waals surface area (Å²) in [4.78, 5) is 17.0. The van der Waals surface area contributed by atoms with Crippen LogP contribution in [0.4, 0.5) is 0 Å². The monoisotopic (exact) mass is 232 g/mol. The molecule has 0 bridgehead atoms. The highest BCUT2D eigenvalue weighted by Crippen LogP contribution is 2.12. The van der Waals surface area contributed by atoms with Crippen LogP contribution in [0.3, 0.4) is 0 Å². The van der Waals surface area contributed by atoms with E-state index < -0.39 is 5.97 Å². The summed E-state index contributed by atoms with van der Waals surface area (Å²) in [6, 6.07) is 7.98. The van der Waals surface area contributed by atoms with Crippen LogP contribution in [0.1, 0.15) is 17.5 Å². The number of aliphatic imine (C=N–C) groups is 1. The number of carboxylic acids is 1. The second kappa shape index (κ2) is 4.99. The Morgan fingerprint density at radius 3 is 2.65 bits per heavy atom. The first-order valence-corrected chi connectivity index (χ1v) is 5.73. The van der Waals surface area contributed by atoms with Crippen molar-refractivity contribution in [3.63, 3.8) is 0 Å². The molecule has 0 spiro atoms. The Labute approximate surface area is 101 Å². The fourth-order valence-corrected chi connectivity index (χ4v) is 1.92. The molecule has 1 aromatic carbocycles. The van der Waals surface area contributed by atoms with E-state index in [0.717, 1.165) is 30.1 Å². The fourth-order valence-electron chi connectivity index (χ4n) is 1.92. The largest absolute Gasteiger partial charge is 0.481 e. The summed E-state index contributed by atoms with van der Waals surface area (Å²) in [5.41, 5.74) is 2.15. The smallest absolute Gasteiger partial charge is 0.303 e. The van der Waals surface area contributed by atoms with Crippen LogP contribution < -0.4 is 0 Å². The summed E-state index contributed by atoms with van der Waals surface area (Å²) in [5.74, 6) is 0.267. The molecule has 1 N–H and O–H groups in total. The van der Waals surface area contributed by atoms with E-state index in [1.165, 1.54) is 0 Å². The number of rotatable bonds is 4. The molecule has 0 fully saturated rings. The number of carboxylic acid groups (broad SMARTS) is 1. The molecule has 0 saturated heterocycles. The number of benzene rings is 1. The molecule has 0 aromatic heterocycles. The normalized spacial score (nSPS) is 14.9. The molecule has 90 valence electrons. The summed E-state index contributed by atoms with van der Waals surface area (Å²) in [6.07, 6.45) is 0.762. The van der Waals surface area contributed by atoms with Crippen LogP contribution in [0.2, 0.25) is 0 Å². The van der Waals surface area contributed by atoms with Crippen molar-refractivity contribution in [2.45, 2.75) is 12.8 Å². The van der Waals surface area contributed by atoms with Gasteiger partial charge in [0.1, 0.15) is 5.84 Å². The van der Waals surface area contributed by atoms with E-state index in [9.17, 15) is 4.79 Å². The minimum absolute atomic E-state index is 0.181. The van der Waals surface area contributed by atoms with E-state index in [2.05, 4.69) is 9.89 Å². The van der Waals surface area contributed by atoms with Crippen molar-refractivity contribution in [2.75, 3.05) is 20.1 Å². The van der Waals surface area contributed by atoms with Crippen LogP contribution in [0, 0.1) is 0 Å². The molecule has 0 atom stereocenters. The van der Waals surface area contributed by atoms with E-state index >= 15 is 0 Å². The van der Waals surface area contributed by atoms with Crippen molar-refractivity contribution in [1.29, 1.82) is 0 Å². The number of hydrogen-bond acceptors (Lipinski definition) is 3. The van der Waals surface area contributed by atoms with E-state index in [4.69, 9.17) is 5.11 Å². The minimum Gasteiger partial charge on any atom is -0.481 e. The van der Waals surface area contributed by atoms with Crippen LogP contribution in [-0.4, -0.2) is 41.9 Å². The quantitative estimate of drug-likeness (QED) is 0.853. The summed E-state index contributed by atoms with van der Waals surface area (Å²) >= 11 is 0. The van der Waals surface area contributed by atoms with Gasteiger partial charge in [0.25, 0.3) is 0 Å². The summed E-state index contributed by atoms with van der Waals surface area (Å²) in [5, 5.41) is 8.61. The van der Waals surface area contributed by atoms with Gasteiger partial charge in [-0.2, -0.15) is 0 Å². The first-order chi connectivity index (χ1) is 8.16. The molecule has 2 rings (SSSR count). The van der Waals surface area contributed by atoms with Crippen LogP contribution in [0.15, 0.2) is 29.3 Å². The van der Waals surface area contributed by atoms with Crippen LogP contribution in [0.5, 0.6) is 0 Å². The van der Waals surface area contributed by atoms with Gasteiger partial charge in [0.05, 0.1) is 6.54 Å². The predicted octanol–water partition coefficient (Wildman–Crippen LogP) is 1.40. The van der Waals surface area contributed by atoms with Gasteiger partial charge in [0, 0.05) is 25.6 Å².